The monoisotopic (exact) mass is 191 g/mol. The zero-order chi connectivity index (χ0) is 10.4. The van der Waals surface area contributed by atoms with Crippen LogP contribution in [-0.2, 0) is 6.42 Å². The van der Waals surface area contributed by atoms with Gasteiger partial charge in [-0.25, -0.2) is 0 Å². The maximum Gasteiger partial charge on any atom is -0.00773 e. The Labute approximate surface area is 87.3 Å². The van der Waals surface area contributed by atoms with E-state index in [-0.39, 0.29) is 0 Å². The van der Waals surface area contributed by atoms with E-state index in [1.165, 1.54) is 36.0 Å². The average molecular weight is 191 g/mol. The van der Waals surface area contributed by atoms with Crippen molar-refractivity contribution in [1.29, 1.82) is 0 Å². The molecule has 0 aromatic heterocycles. The molecule has 0 bridgehead atoms. The van der Waals surface area contributed by atoms with Crippen LogP contribution in [0, 0.1) is 13.8 Å². The summed E-state index contributed by atoms with van der Waals surface area (Å²) in [6, 6.07) is 6.57. The third kappa shape index (κ3) is 3.15. The van der Waals surface area contributed by atoms with Gasteiger partial charge in [0, 0.05) is 0 Å². The first kappa shape index (κ1) is 11.3. The fourth-order valence-electron chi connectivity index (χ4n) is 1.72. The molecule has 0 fully saturated rings. The van der Waals surface area contributed by atoms with E-state index >= 15 is 0 Å². The molecule has 1 heteroatoms. The number of aryl methyl sites for hydroxylation is 2. The van der Waals surface area contributed by atoms with E-state index in [0.29, 0.717) is 0 Å². The molecular weight excluding hydrogens is 170 g/mol. The summed E-state index contributed by atoms with van der Waals surface area (Å²) >= 11 is 0. The van der Waals surface area contributed by atoms with E-state index in [1.54, 1.807) is 0 Å². The van der Waals surface area contributed by atoms with Crippen molar-refractivity contribution in [1.82, 2.24) is 0 Å². The van der Waals surface area contributed by atoms with Gasteiger partial charge in [-0.3, -0.25) is 0 Å². The zero-order valence-electron chi connectivity index (χ0n) is 9.34. The Kier molecular flexibility index (Phi) is 4.68. The lowest BCUT2D eigenvalue weighted by atomic mass is 9.99. The molecule has 78 valence electrons. The van der Waals surface area contributed by atoms with E-state index in [1.807, 2.05) is 0 Å². The fraction of sp³-hybridized carbons (Fsp3) is 0.538. The van der Waals surface area contributed by atoms with Gasteiger partial charge in [0.1, 0.15) is 0 Å². The second-order valence-corrected chi connectivity index (χ2v) is 3.96. The molecule has 0 heterocycles. The van der Waals surface area contributed by atoms with Crippen LogP contribution in [0.15, 0.2) is 18.2 Å². The van der Waals surface area contributed by atoms with Crippen molar-refractivity contribution in [2.45, 2.75) is 39.5 Å². The maximum atomic E-state index is 5.46. The van der Waals surface area contributed by atoms with Gasteiger partial charge in [-0.1, -0.05) is 24.6 Å². The first-order valence-corrected chi connectivity index (χ1v) is 5.51. The Morgan fingerprint density at radius 2 is 1.86 bits per heavy atom. The quantitative estimate of drug-likeness (QED) is 0.711. The summed E-state index contributed by atoms with van der Waals surface area (Å²) in [4.78, 5) is 0. The number of unbranched alkanes of at least 4 members (excludes halogenated alkanes) is 2. The molecule has 0 aliphatic carbocycles. The molecule has 0 aliphatic rings. The third-order valence-electron chi connectivity index (χ3n) is 2.87. The van der Waals surface area contributed by atoms with Crippen molar-refractivity contribution in [3.63, 3.8) is 0 Å². The standard InChI is InChI=1S/C13H21N/c1-11-7-6-9-13(12(11)2)8-4-3-5-10-14/h6-7,9H,3-5,8,10,14H2,1-2H3. The fourth-order valence-corrected chi connectivity index (χ4v) is 1.72. The number of rotatable bonds is 5. The number of benzene rings is 1. The smallest absolute Gasteiger partial charge is 0.00773 e. The highest BCUT2D eigenvalue weighted by Crippen LogP contribution is 2.15. The van der Waals surface area contributed by atoms with Crippen molar-refractivity contribution in [3.8, 4) is 0 Å². The Hall–Kier alpha value is -0.820. The van der Waals surface area contributed by atoms with Crippen LogP contribution < -0.4 is 5.73 Å². The molecule has 1 aromatic rings. The van der Waals surface area contributed by atoms with E-state index < -0.39 is 0 Å². The van der Waals surface area contributed by atoms with Gasteiger partial charge in [0.05, 0.1) is 0 Å². The van der Waals surface area contributed by atoms with Gasteiger partial charge < -0.3 is 5.73 Å². The van der Waals surface area contributed by atoms with E-state index in [2.05, 4.69) is 32.0 Å². The lowest BCUT2D eigenvalue weighted by molar-refractivity contribution is 0.685. The van der Waals surface area contributed by atoms with Crippen LogP contribution >= 0.6 is 0 Å². The maximum absolute atomic E-state index is 5.46. The van der Waals surface area contributed by atoms with Crippen LogP contribution in [0.4, 0.5) is 0 Å². The average Bonchev–Trinajstić information content (AvgIpc) is 2.19. The minimum atomic E-state index is 0.826. The third-order valence-corrected chi connectivity index (χ3v) is 2.87. The van der Waals surface area contributed by atoms with Gasteiger partial charge in [-0.2, -0.15) is 0 Å². The summed E-state index contributed by atoms with van der Waals surface area (Å²) in [6.45, 7) is 5.22. The van der Waals surface area contributed by atoms with Crippen LogP contribution in [0.3, 0.4) is 0 Å². The van der Waals surface area contributed by atoms with Crippen molar-refractivity contribution < 1.29 is 0 Å². The lowest BCUT2D eigenvalue weighted by Gasteiger charge is -2.07. The van der Waals surface area contributed by atoms with Crippen molar-refractivity contribution in [2.24, 2.45) is 5.73 Å². The van der Waals surface area contributed by atoms with Gasteiger partial charge >= 0.3 is 0 Å². The molecule has 0 unspecified atom stereocenters. The SMILES string of the molecule is Cc1cccc(CCCCCN)c1C. The second-order valence-electron chi connectivity index (χ2n) is 3.96. The lowest BCUT2D eigenvalue weighted by Crippen LogP contribution is -1.99. The minimum absolute atomic E-state index is 0.826. The molecule has 0 saturated heterocycles. The normalized spacial score (nSPS) is 10.5. The van der Waals surface area contributed by atoms with Gasteiger partial charge in [0.2, 0.25) is 0 Å². The predicted octanol–water partition coefficient (Wildman–Crippen LogP) is 2.97. The topological polar surface area (TPSA) is 26.0 Å². The van der Waals surface area contributed by atoms with Crippen LogP contribution in [0.5, 0.6) is 0 Å². The Morgan fingerprint density at radius 3 is 2.57 bits per heavy atom. The summed E-state index contributed by atoms with van der Waals surface area (Å²) in [6.07, 6.45) is 4.88. The summed E-state index contributed by atoms with van der Waals surface area (Å²) in [5.74, 6) is 0. The molecule has 0 atom stereocenters. The molecule has 0 spiro atoms. The molecule has 14 heavy (non-hydrogen) atoms. The van der Waals surface area contributed by atoms with Crippen LogP contribution in [0.25, 0.3) is 0 Å². The van der Waals surface area contributed by atoms with Gasteiger partial charge in [-0.15, -0.1) is 0 Å². The van der Waals surface area contributed by atoms with E-state index in [0.717, 1.165) is 13.0 Å². The highest BCUT2D eigenvalue weighted by atomic mass is 14.5. The van der Waals surface area contributed by atoms with Crippen molar-refractivity contribution in [2.75, 3.05) is 6.54 Å². The van der Waals surface area contributed by atoms with Gasteiger partial charge in [0.15, 0.2) is 0 Å². The second kappa shape index (κ2) is 5.82. The van der Waals surface area contributed by atoms with Crippen molar-refractivity contribution in [3.05, 3.63) is 34.9 Å². The number of hydrogen-bond acceptors (Lipinski definition) is 1. The number of nitrogens with two attached hydrogens (primary N) is 1. The Bertz CT molecular complexity index is 279. The molecule has 2 N–H and O–H groups in total. The van der Waals surface area contributed by atoms with Crippen LogP contribution in [0.2, 0.25) is 0 Å². The Balaban J connectivity index is 2.46. The van der Waals surface area contributed by atoms with Crippen LogP contribution in [-0.4, -0.2) is 6.54 Å². The first-order chi connectivity index (χ1) is 6.75. The molecule has 1 rings (SSSR count). The van der Waals surface area contributed by atoms with Gasteiger partial charge in [0.25, 0.3) is 0 Å². The highest BCUT2D eigenvalue weighted by Gasteiger charge is 1.99. The summed E-state index contributed by atoms with van der Waals surface area (Å²) < 4.78 is 0. The molecule has 0 saturated carbocycles. The Morgan fingerprint density at radius 1 is 1.07 bits per heavy atom. The first-order valence-electron chi connectivity index (χ1n) is 5.51. The minimum Gasteiger partial charge on any atom is -0.330 e. The molecule has 0 aliphatic heterocycles. The largest absolute Gasteiger partial charge is 0.330 e. The summed E-state index contributed by atoms with van der Waals surface area (Å²) in [5.41, 5.74) is 9.83. The zero-order valence-corrected chi connectivity index (χ0v) is 9.34. The summed E-state index contributed by atoms with van der Waals surface area (Å²) in [5, 5.41) is 0. The van der Waals surface area contributed by atoms with E-state index in [4.69, 9.17) is 5.73 Å². The summed E-state index contributed by atoms with van der Waals surface area (Å²) in [7, 11) is 0. The van der Waals surface area contributed by atoms with Crippen LogP contribution in [0.1, 0.15) is 36.0 Å². The molecule has 0 amide bonds. The van der Waals surface area contributed by atoms with Crippen molar-refractivity contribution >= 4 is 0 Å². The predicted molar refractivity (Wildman–Crippen MR) is 62.5 cm³/mol. The molecule has 0 radical (unpaired) electrons. The molecule has 1 nitrogen and oxygen atoms in total. The highest BCUT2D eigenvalue weighted by molar-refractivity contribution is 5.33. The molecule has 1 aromatic carbocycles. The van der Waals surface area contributed by atoms with E-state index in [9.17, 15) is 0 Å². The number of hydrogen-bond donors (Lipinski definition) is 1. The molecular formula is C13H21N. The van der Waals surface area contributed by atoms with Gasteiger partial charge in [-0.05, 0) is 56.3 Å².